The summed E-state index contributed by atoms with van der Waals surface area (Å²) >= 11 is 0. The lowest BCUT2D eigenvalue weighted by Gasteiger charge is -2.14. The number of benzene rings is 1. The Morgan fingerprint density at radius 2 is 1.61 bits per heavy atom. The second-order valence-corrected chi connectivity index (χ2v) is 3.14. The van der Waals surface area contributed by atoms with E-state index in [0.717, 1.165) is 0 Å². The summed E-state index contributed by atoms with van der Waals surface area (Å²) in [5.41, 5.74) is 0.0854. The van der Waals surface area contributed by atoms with Crippen LogP contribution in [0, 0.1) is 0 Å². The van der Waals surface area contributed by atoms with Crippen molar-refractivity contribution in [2.24, 2.45) is 0 Å². The third-order valence-corrected chi connectivity index (χ3v) is 2.11. The van der Waals surface area contributed by atoms with Gasteiger partial charge in [0.1, 0.15) is 22.8 Å². The summed E-state index contributed by atoms with van der Waals surface area (Å²) in [6, 6.07) is 2.63. The van der Waals surface area contributed by atoms with Crippen LogP contribution in [0.15, 0.2) is 12.1 Å². The first-order valence-electron chi connectivity index (χ1n) is 4.90. The van der Waals surface area contributed by atoms with Crippen molar-refractivity contribution in [2.75, 3.05) is 21.3 Å². The highest BCUT2D eigenvalue weighted by molar-refractivity contribution is 6.33. The Hall–Kier alpha value is -1.93. The maximum atomic E-state index is 11.6. The minimum atomic E-state index is -1.98. The van der Waals surface area contributed by atoms with Gasteiger partial charge in [-0.15, -0.1) is 0 Å². The number of methoxy groups -OCH3 is 3. The van der Waals surface area contributed by atoms with Crippen LogP contribution >= 0.6 is 0 Å². The van der Waals surface area contributed by atoms with Crippen molar-refractivity contribution in [3.8, 4) is 17.2 Å². The third kappa shape index (κ3) is 3.05. The van der Waals surface area contributed by atoms with Crippen LogP contribution in [0.3, 0.4) is 0 Å². The highest BCUT2D eigenvalue weighted by Gasteiger charge is 2.22. The van der Waals surface area contributed by atoms with Gasteiger partial charge in [-0.3, -0.25) is 0 Å². The summed E-state index contributed by atoms with van der Waals surface area (Å²) in [6.07, 6.45) is 0. The van der Waals surface area contributed by atoms with E-state index in [2.05, 4.69) is 9.39 Å². The summed E-state index contributed by atoms with van der Waals surface area (Å²) < 4.78 is 19.3. The molecule has 0 bridgehead atoms. The molecule has 0 aromatic heterocycles. The van der Waals surface area contributed by atoms with Gasteiger partial charge in [0.05, 0.1) is 21.3 Å². The summed E-state index contributed by atoms with van der Waals surface area (Å²) in [5.74, 6) is -0.292. The Morgan fingerprint density at radius 1 is 1.11 bits per heavy atom. The molecule has 0 heterocycles. The van der Waals surface area contributed by atoms with E-state index in [9.17, 15) is 4.79 Å². The van der Waals surface area contributed by atoms with Crippen LogP contribution in [0.2, 0.25) is 0 Å². The first-order valence-corrected chi connectivity index (χ1v) is 4.90. The molecule has 0 fully saturated rings. The average molecular weight is 256 g/mol. The first-order chi connectivity index (χ1) is 8.53. The largest absolute Gasteiger partial charge is 0.707 e. The SMILES string of the molecule is COC(=O)c1c(OC)cc(OB(O)O)cc1OC. The molecule has 18 heavy (non-hydrogen) atoms. The predicted molar refractivity (Wildman–Crippen MR) is 61.7 cm³/mol. The number of hydrogen-bond donors (Lipinski definition) is 2. The number of esters is 1. The van der Waals surface area contributed by atoms with Gasteiger partial charge in [-0.2, -0.15) is 0 Å². The minimum Gasteiger partial charge on any atom is -0.512 e. The molecule has 0 saturated heterocycles. The van der Waals surface area contributed by atoms with Gasteiger partial charge < -0.3 is 28.9 Å². The van der Waals surface area contributed by atoms with Crippen molar-refractivity contribution in [3.63, 3.8) is 0 Å². The van der Waals surface area contributed by atoms with E-state index < -0.39 is 13.3 Å². The molecule has 0 saturated carbocycles. The zero-order chi connectivity index (χ0) is 13.7. The van der Waals surface area contributed by atoms with Crippen LogP contribution in [0.1, 0.15) is 10.4 Å². The standard InChI is InChI=1S/C10H13BO7/c1-15-7-4-6(18-11(13)14)5-8(16-2)9(7)10(12)17-3/h4-5,13-14H,1-3H3. The molecule has 0 aliphatic heterocycles. The number of carbonyl (C=O) groups excluding carboxylic acids is 1. The molecule has 1 aromatic carbocycles. The van der Waals surface area contributed by atoms with E-state index in [4.69, 9.17) is 19.5 Å². The van der Waals surface area contributed by atoms with Crippen molar-refractivity contribution in [1.82, 2.24) is 0 Å². The van der Waals surface area contributed by atoms with Gasteiger partial charge in [0, 0.05) is 12.1 Å². The molecular formula is C10H13BO7. The summed E-state index contributed by atoms with van der Waals surface area (Å²) in [4.78, 5) is 11.6. The van der Waals surface area contributed by atoms with E-state index >= 15 is 0 Å². The Kier molecular flexibility index (Phi) is 4.81. The smallest absolute Gasteiger partial charge is 0.512 e. The summed E-state index contributed by atoms with van der Waals surface area (Å²) in [7, 11) is 1.94. The zero-order valence-corrected chi connectivity index (χ0v) is 10.2. The molecule has 1 aromatic rings. The highest BCUT2D eigenvalue weighted by Crippen LogP contribution is 2.34. The van der Waals surface area contributed by atoms with Crippen molar-refractivity contribution in [1.29, 1.82) is 0 Å². The molecule has 0 atom stereocenters. The Bertz CT molecular complexity index is 407. The molecular weight excluding hydrogens is 243 g/mol. The van der Waals surface area contributed by atoms with Gasteiger partial charge in [0.2, 0.25) is 0 Å². The first kappa shape index (κ1) is 14.1. The molecule has 0 spiro atoms. The maximum Gasteiger partial charge on any atom is 0.707 e. The van der Waals surface area contributed by atoms with Gasteiger partial charge >= 0.3 is 13.3 Å². The Labute approximate surface area is 104 Å². The Balaban J connectivity index is 3.29. The van der Waals surface area contributed by atoms with E-state index in [1.165, 1.54) is 33.5 Å². The van der Waals surface area contributed by atoms with Crippen LogP contribution in [0.25, 0.3) is 0 Å². The third-order valence-electron chi connectivity index (χ3n) is 2.11. The summed E-state index contributed by atoms with van der Waals surface area (Å²) in [6.45, 7) is 0. The predicted octanol–water partition coefficient (Wildman–Crippen LogP) is -0.161. The van der Waals surface area contributed by atoms with Crippen molar-refractivity contribution in [2.45, 2.75) is 0 Å². The quantitative estimate of drug-likeness (QED) is 0.558. The van der Waals surface area contributed by atoms with Crippen molar-refractivity contribution < 1.29 is 33.7 Å². The fraction of sp³-hybridized carbons (Fsp3) is 0.300. The molecule has 0 aliphatic carbocycles. The van der Waals surface area contributed by atoms with Gasteiger partial charge in [0.15, 0.2) is 0 Å². The fourth-order valence-corrected chi connectivity index (χ4v) is 1.38. The molecule has 2 N–H and O–H groups in total. The van der Waals surface area contributed by atoms with Crippen LogP contribution in [-0.4, -0.2) is 44.7 Å². The van der Waals surface area contributed by atoms with Gasteiger partial charge in [0.25, 0.3) is 0 Å². The molecule has 0 unspecified atom stereocenters. The van der Waals surface area contributed by atoms with Gasteiger partial charge in [-0.25, -0.2) is 4.79 Å². The highest BCUT2D eigenvalue weighted by atomic mass is 16.6. The van der Waals surface area contributed by atoms with Crippen LogP contribution in [0.5, 0.6) is 17.2 Å². The molecule has 7 nitrogen and oxygen atoms in total. The van der Waals surface area contributed by atoms with Crippen LogP contribution in [0.4, 0.5) is 0 Å². The zero-order valence-electron chi connectivity index (χ0n) is 10.2. The number of hydrogen-bond acceptors (Lipinski definition) is 7. The lowest BCUT2D eigenvalue weighted by Crippen LogP contribution is -2.20. The van der Waals surface area contributed by atoms with Crippen molar-refractivity contribution in [3.05, 3.63) is 17.7 Å². The number of carbonyl (C=O) groups is 1. The van der Waals surface area contributed by atoms with Gasteiger partial charge in [-0.1, -0.05) is 0 Å². The fourth-order valence-electron chi connectivity index (χ4n) is 1.38. The van der Waals surface area contributed by atoms with E-state index in [1.54, 1.807) is 0 Å². The lowest BCUT2D eigenvalue weighted by atomic mass is 10.1. The number of rotatable bonds is 5. The molecule has 0 radical (unpaired) electrons. The van der Waals surface area contributed by atoms with E-state index in [1.807, 2.05) is 0 Å². The monoisotopic (exact) mass is 256 g/mol. The van der Waals surface area contributed by atoms with E-state index in [-0.39, 0.29) is 22.8 Å². The minimum absolute atomic E-state index is 0.0753. The topological polar surface area (TPSA) is 94.5 Å². The average Bonchev–Trinajstić information content (AvgIpc) is 2.35. The molecule has 8 heteroatoms. The Morgan fingerprint density at radius 3 is 1.94 bits per heavy atom. The molecule has 0 amide bonds. The molecule has 1 rings (SSSR count). The second-order valence-electron chi connectivity index (χ2n) is 3.14. The normalized spacial score (nSPS) is 9.61. The van der Waals surface area contributed by atoms with Crippen LogP contribution in [-0.2, 0) is 4.74 Å². The maximum absolute atomic E-state index is 11.6. The second kappa shape index (κ2) is 6.13. The van der Waals surface area contributed by atoms with Crippen LogP contribution < -0.4 is 14.1 Å². The van der Waals surface area contributed by atoms with Gasteiger partial charge in [-0.05, 0) is 0 Å². The molecule has 98 valence electrons. The molecule has 0 aliphatic rings. The van der Waals surface area contributed by atoms with Crippen molar-refractivity contribution >= 4 is 13.3 Å². The lowest BCUT2D eigenvalue weighted by molar-refractivity contribution is 0.0593. The van der Waals surface area contributed by atoms with E-state index in [0.29, 0.717) is 0 Å². The summed E-state index contributed by atoms with van der Waals surface area (Å²) in [5, 5.41) is 17.4. The number of ether oxygens (including phenoxy) is 3.